The molecule has 0 atom stereocenters. The van der Waals surface area contributed by atoms with Crippen LogP contribution in [0.5, 0.6) is 0 Å². The van der Waals surface area contributed by atoms with Crippen molar-refractivity contribution in [1.82, 2.24) is 20.2 Å². The Morgan fingerprint density at radius 1 is 1.18 bits per heavy atom. The summed E-state index contributed by atoms with van der Waals surface area (Å²) in [5, 5.41) is 7.13. The Morgan fingerprint density at radius 2 is 2.00 bits per heavy atom. The molecular weight excluding hydrogens is 300 g/mol. The summed E-state index contributed by atoms with van der Waals surface area (Å²) in [4.78, 5) is 12.7. The van der Waals surface area contributed by atoms with Gasteiger partial charge in [0.1, 0.15) is 5.84 Å². The Labute approximate surface area is 132 Å². The fourth-order valence-corrected chi connectivity index (χ4v) is 1.96. The first kappa shape index (κ1) is 14.2. The number of nitrogens with one attached hydrogen (secondary N) is 1. The lowest BCUT2D eigenvalue weighted by molar-refractivity contribution is 1.10. The molecule has 0 aliphatic heterocycles. The zero-order valence-electron chi connectivity index (χ0n) is 11.6. The number of alkyl halides is 1. The first-order valence-corrected chi connectivity index (χ1v) is 7.12. The van der Waals surface area contributed by atoms with Crippen LogP contribution in [0.4, 0.5) is 5.69 Å². The largest absolute Gasteiger partial charge is 0.386 e. The van der Waals surface area contributed by atoms with E-state index in [1.807, 2.05) is 36.4 Å². The highest BCUT2D eigenvalue weighted by molar-refractivity contribution is 6.28. The van der Waals surface area contributed by atoms with Crippen molar-refractivity contribution in [2.45, 2.75) is 0 Å². The van der Waals surface area contributed by atoms with E-state index >= 15 is 0 Å². The maximum Gasteiger partial charge on any atom is 0.183 e. The van der Waals surface area contributed by atoms with Crippen LogP contribution in [0.2, 0.25) is 0 Å². The van der Waals surface area contributed by atoms with Crippen molar-refractivity contribution in [3.05, 3.63) is 48.8 Å². The van der Waals surface area contributed by atoms with Gasteiger partial charge in [0.15, 0.2) is 11.6 Å². The third kappa shape index (κ3) is 3.12. The molecular formula is C15H13ClN6. The van der Waals surface area contributed by atoms with Crippen molar-refractivity contribution >= 4 is 23.1 Å². The number of aromatic nitrogens is 4. The summed E-state index contributed by atoms with van der Waals surface area (Å²) in [5.74, 6) is 1.88. The van der Waals surface area contributed by atoms with Gasteiger partial charge in [0.05, 0.1) is 11.6 Å². The molecule has 22 heavy (non-hydrogen) atoms. The van der Waals surface area contributed by atoms with Crippen LogP contribution in [0.15, 0.2) is 53.8 Å². The van der Waals surface area contributed by atoms with Gasteiger partial charge in [-0.25, -0.2) is 9.98 Å². The van der Waals surface area contributed by atoms with Crippen molar-refractivity contribution in [1.29, 1.82) is 0 Å². The number of hydrogen-bond acceptors (Lipinski definition) is 4. The molecule has 0 aliphatic carbocycles. The van der Waals surface area contributed by atoms with E-state index in [1.54, 1.807) is 12.4 Å². The Morgan fingerprint density at radius 3 is 2.68 bits per heavy atom. The monoisotopic (exact) mass is 312 g/mol. The van der Waals surface area contributed by atoms with E-state index in [-0.39, 0.29) is 5.88 Å². The van der Waals surface area contributed by atoms with Gasteiger partial charge in [0.25, 0.3) is 0 Å². The predicted octanol–water partition coefficient (Wildman–Crippen LogP) is 2.76. The van der Waals surface area contributed by atoms with Crippen molar-refractivity contribution < 1.29 is 0 Å². The summed E-state index contributed by atoms with van der Waals surface area (Å²) >= 11 is 5.61. The van der Waals surface area contributed by atoms with Crippen molar-refractivity contribution in [3.63, 3.8) is 0 Å². The Bertz CT molecular complexity index is 779. The molecule has 0 fully saturated rings. The summed E-state index contributed by atoms with van der Waals surface area (Å²) < 4.78 is 0. The summed E-state index contributed by atoms with van der Waals surface area (Å²) in [5.41, 5.74) is 8.12. The molecule has 0 radical (unpaired) electrons. The number of pyridine rings is 1. The number of nitrogens with zero attached hydrogens (tertiary/aromatic N) is 4. The first-order chi connectivity index (χ1) is 10.8. The summed E-state index contributed by atoms with van der Waals surface area (Å²) in [6.45, 7) is 0. The van der Waals surface area contributed by atoms with E-state index in [1.165, 1.54) is 0 Å². The minimum atomic E-state index is 0.207. The van der Waals surface area contributed by atoms with E-state index in [0.29, 0.717) is 17.5 Å². The Kier molecular flexibility index (Phi) is 4.11. The second-order valence-electron chi connectivity index (χ2n) is 4.53. The number of benzene rings is 1. The van der Waals surface area contributed by atoms with Crippen LogP contribution in [-0.2, 0) is 0 Å². The van der Waals surface area contributed by atoms with Gasteiger partial charge in [0, 0.05) is 23.5 Å². The van der Waals surface area contributed by atoms with Crippen LogP contribution in [-0.4, -0.2) is 31.9 Å². The van der Waals surface area contributed by atoms with Gasteiger partial charge in [0.2, 0.25) is 0 Å². The maximum atomic E-state index is 5.61. The van der Waals surface area contributed by atoms with Crippen molar-refractivity contribution in [2.75, 3.05) is 5.88 Å². The van der Waals surface area contributed by atoms with Crippen molar-refractivity contribution in [2.24, 2.45) is 10.7 Å². The van der Waals surface area contributed by atoms with Gasteiger partial charge < -0.3 is 5.73 Å². The lowest BCUT2D eigenvalue weighted by atomic mass is 10.2. The fourth-order valence-electron chi connectivity index (χ4n) is 1.90. The van der Waals surface area contributed by atoms with E-state index in [4.69, 9.17) is 17.3 Å². The maximum absolute atomic E-state index is 5.61. The minimum Gasteiger partial charge on any atom is -0.386 e. The van der Waals surface area contributed by atoms with Crippen molar-refractivity contribution in [3.8, 4) is 22.8 Å². The number of halogens is 1. The topological polar surface area (TPSA) is 92.8 Å². The average Bonchev–Trinajstić information content (AvgIpc) is 3.06. The molecule has 0 saturated carbocycles. The smallest absolute Gasteiger partial charge is 0.183 e. The van der Waals surface area contributed by atoms with E-state index in [2.05, 4.69) is 25.2 Å². The first-order valence-electron chi connectivity index (χ1n) is 6.58. The van der Waals surface area contributed by atoms with Crippen LogP contribution in [0.3, 0.4) is 0 Å². The zero-order chi connectivity index (χ0) is 15.4. The average molecular weight is 313 g/mol. The summed E-state index contributed by atoms with van der Waals surface area (Å²) in [6, 6.07) is 11.2. The van der Waals surface area contributed by atoms with Crippen LogP contribution >= 0.6 is 11.6 Å². The van der Waals surface area contributed by atoms with Crippen LogP contribution < -0.4 is 5.73 Å². The second-order valence-corrected chi connectivity index (χ2v) is 4.80. The molecule has 7 heteroatoms. The SMILES string of the molecule is NC(CCl)=Nc1ccc(-c2nc(-c3cccnc3)n[nH]2)cc1. The highest BCUT2D eigenvalue weighted by atomic mass is 35.5. The normalized spacial score (nSPS) is 11.6. The van der Waals surface area contributed by atoms with Crippen LogP contribution in [0.25, 0.3) is 22.8 Å². The molecule has 2 aromatic heterocycles. The molecule has 1 aromatic carbocycles. The molecule has 0 spiro atoms. The van der Waals surface area contributed by atoms with E-state index < -0.39 is 0 Å². The van der Waals surface area contributed by atoms with Crippen LogP contribution in [0.1, 0.15) is 0 Å². The third-order valence-corrected chi connectivity index (χ3v) is 3.23. The fraction of sp³-hybridized carbons (Fsp3) is 0.0667. The number of nitrogens with two attached hydrogens (primary N) is 1. The van der Waals surface area contributed by atoms with Crippen LogP contribution in [0, 0.1) is 0 Å². The number of H-pyrrole nitrogens is 1. The van der Waals surface area contributed by atoms with Gasteiger partial charge >= 0.3 is 0 Å². The predicted molar refractivity (Wildman–Crippen MR) is 87.1 cm³/mol. The third-order valence-electron chi connectivity index (χ3n) is 2.96. The minimum absolute atomic E-state index is 0.207. The quantitative estimate of drug-likeness (QED) is 0.440. The van der Waals surface area contributed by atoms with Gasteiger partial charge in [-0.05, 0) is 36.4 Å². The Hall–Kier alpha value is -2.73. The van der Waals surface area contributed by atoms with Gasteiger partial charge in [-0.3, -0.25) is 10.1 Å². The number of aliphatic imine (C=N–C) groups is 1. The molecule has 3 aromatic rings. The summed E-state index contributed by atoms with van der Waals surface area (Å²) in [7, 11) is 0. The van der Waals surface area contributed by atoms with Gasteiger partial charge in [-0.15, -0.1) is 11.6 Å². The molecule has 0 unspecified atom stereocenters. The second kappa shape index (κ2) is 6.36. The molecule has 3 N–H and O–H groups in total. The molecule has 2 heterocycles. The molecule has 3 rings (SSSR count). The van der Waals surface area contributed by atoms with Gasteiger partial charge in [-0.1, -0.05) is 0 Å². The number of aromatic amines is 1. The molecule has 0 bridgehead atoms. The number of rotatable bonds is 4. The van der Waals surface area contributed by atoms with E-state index in [9.17, 15) is 0 Å². The highest BCUT2D eigenvalue weighted by Gasteiger charge is 2.07. The van der Waals surface area contributed by atoms with E-state index in [0.717, 1.165) is 16.8 Å². The summed E-state index contributed by atoms with van der Waals surface area (Å²) in [6.07, 6.45) is 3.43. The molecule has 6 nitrogen and oxygen atoms in total. The zero-order valence-corrected chi connectivity index (χ0v) is 12.3. The molecule has 0 saturated heterocycles. The number of hydrogen-bond donors (Lipinski definition) is 2. The number of amidine groups is 1. The lowest BCUT2D eigenvalue weighted by Crippen LogP contribution is -2.12. The lowest BCUT2D eigenvalue weighted by Gasteiger charge is -1.99. The standard InChI is InChI=1S/C15H13ClN6/c16-8-13(17)19-12-5-3-10(4-6-12)14-20-15(22-21-14)11-2-1-7-18-9-11/h1-7,9H,8H2,(H2,17,19)(H,20,21,22). The molecule has 110 valence electrons. The van der Waals surface area contributed by atoms with Gasteiger partial charge in [-0.2, -0.15) is 5.10 Å². The highest BCUT2D eigenvalue weighted by Crippen LogP contribution is 2.22. The Balaban J connectivity index is 1.85. The molecule has 0 aliphatic rings. The molecule has 0 amide bonds.